The van der Waals surface area contributed by atoms with Crippen LogP contribution in [0.3, 0.4) is 0 Å². The van der Waals surface area contributed by atoms with Crippen LogP contribution in [-0.2, 0) is 16.0 Å². The number of hydrogen-bond donors (Lipinski definition) is 0. The van der Waals surface area contributed by atoms with Gasteiger partial charge in [0.25, 0.3) is 5.56 Å². The number of methoxy groups -OCH3 is 1. The Morgan fingerprint density at radius 3 is 2.55 bits per heavy atom. The van der Waals surface area contributed by atoms with E-state index in [2.05, 4.69) is 9.88 Å². The Kier molecular flexibility index (Phi) is 6.74. The molecule has 0 radical (unpaired) electrons. The van der Waals surface area contributed by atoms with E-state index in [1.54, 1.807) is 13.1 Å². The molecule has 0 spiro atoms. The molecule has 6 heteroatoms. The Morgan fingerprint density at radius 1 is 1.41 bits per heavy atom. The number of carbonyl (C=O) groups excluding carboxylic acids is 1. The van der Waals surface area contributed by atoms with Gasteiger partial charge in [-0.25, -0.2) is 4.79 Å². The van der Waals surface area contributed by atoms with Crippen LogP contribution in [0.15, 0.2) is 11.0 Å². The highest BCUT2D eigenvalue weighted by Gasteiger charge is 2.24. The van der Waals surface area contributed by atoms with Crippen LogP contribution in [-0.4, -0.2) is 48.2 Å². The number of aryl methyl sites for hydroxylation is 1. The van der Waals surface area contributed by atoms with Gasteiger partial charge in [0, 0.05) is 19.2 Å². The summed E-state index contributed by atoms with van der Waals surface area (Å²) >= 11 is 0. The van der Waals surface area contributed by atoms with E-state index in [0.717, 1.165) is 18.7 Å². The Labute approximate surface area is 132 Å². The first kappa shape index (κ1) is 18.4. The van der Waals surface area contributed by atoms with Crippen LogP contribution in [0.5, 0.6) is 0 Å². The highest BCUT2D eigenvalue weighted by molar-refractivity contribution is 5.74. The SMILES string of the molecule is COC(=O)C(CC(C)C)n1cc(CCN(C)C)nc(C)c1=O. The average Bonchev–Trinajstić information content (AvgIpc) is 2.45. The molecule has 1 heterocycles. The number of likely N-dealkylation sites (N-methyl/N-ethyl adjacent to an activating group) is 1. The third-order valence-electron chi connectivity index (χ3n) is 3.46. The molecule has 0 bridgehead atoms. The molecule has 0 saturated carbocycles. The molecule has 0 aliphatic carbocycles. The summed E-state index contributed by atoms with van der Waals surface area (Å²) in [7, 11) is 5.32. The molecular formula is C16H27N3O3. The summed E-state index contributed by atoms with van der Waals surface area (Å²) in [6.07, 6.45) is 2.98. The van der Waals surface area contributed by atoms with Crippen molar-refractivity contribution in [1.82, 2.24) is 14.5 Å². The smallest absolute Gasteiger partial charge is 0.328 e. The lowest BCUT2D eigenvalue weighted by molar-refractivity contribution is -0.145. The highest BCUT2D eigenvalue weighted by atomic mass is 16.5. The van der Waals surface area contributed by atoms with E-state index in [9.17, 15) is 9.59 Å². The van der Waals surface area contributed by atoms with Crippen molar-refractivity contribution in [3.05, 3.63) is 27.9 Å². The molecule has 1 unspecified atom stereocenters. The Bertz CT molecular complexity index is 564. The van der Waals surface area contributed by atoms with E-state index in [1.807, 2.05) is 27.9 Å². The molecule has 0 saturated heterocycles. The molecule has 1 atom stereocenters. The Morgan fingerprint density at radius 2 is 2.05 bits per heavy atom. The minimum Gasteiger partial charge on any atom is -0.467 e. The fourth-order valence-electron chi connectivity index (χ4n) is 2.29. The van der Waals surface area contributed by atoms with Crippen molar-refractivity contribution in [2.75, 3.05) is 27.7 Å². The normalized spacial score (nSPS) is 12.7. The predicted octanol–water partition coefficient (Wildman–Crippen LogP) is 1.42. The summed E-state index contributed by atoms with van der Waals surface area (Å²) in [5, 5.41) is 0. The second-order valence-electron chi connectivity index (χ2n) is 6.25. The van der Waals surface area contributed by atoms with Crippen LogP contribution in [0.1, 0.15) is 37.7 Å². The molecule has 1 aromatic rings. The first-order valence-corrected chi connectivity index (χ1v) is 7.57. The van der Waals surface area contributed by atoms with E-state index < -0.39 is 6.04 Å². The quantitative estimate of drug-likeness (QED) is 0.713. The lowest BCUT2D eigenvalue weighted by Gasteiger charge is -2.20. The minimum atomic E-state index is -0.600. The molecule has 0 aromatic carbocycles. The standard InChI is InChI=1S/C16H27N3O3/c1-11(2)9-14(16(21)22-6)19-10-13(7-8-18(4)5)17-12(3)15(19)20/h10-11,14H,7-9H2,1-6H3. The lowest BCUT2D eigenvalue weighted by atomic mass is 10.0. The molecule has 124 valence electrons. The van der Waals surface area contributed by atoms with Crippen LogP contribution < -0.4 is 5.56 Å². The number of aromatic nitrogens is 2. The van der Waals surface area contributed by atoms with Crippen LogP contribution in [0.25, 0.3) is 0 Å². The summed E-state index contributed by atoms with van der Waals surface area (Å²) in [6, 6.07) is -0.600. The van der Waals surface area contributed by atoms with Crippen LogP contribution in [0, 0.1) is 12.8 Å². The Balaban J connectivity index is 3.23. The van der Waals surface area contributed by atoms with Gasteiger partial charge in [0.2, 0.25) is 0 Å². The van der Waals surface area contributed by atoms with Gasteiger partial charge in [0.15, 0.2) is 0 Å². The summed E-state index contributed by atoms with van der Waals surface area (Å²) in [4.78, 5) is 30.9. The van der Waals surface area contributed by atoms with Crippen molar-refractivity contribution in [3.63, 3.8) is 0 Å². The van der Waals surface area contributed by atoms with Crippen molar-refractivity contribution in [3.8, 4) is 0 Å². The van der Waals surface area contributed by atoms with E-state index in [1.165, 1.54) is 11.7 Å². The summed E-state index contributed by atoms with van der Waals surface area (Å²) in [6.45, 7) is 6.55. The van der Waals surface area contributed by atoms with Gasteiger partial charge in [-0.15, -0.1) is 0 Å². The van der Waals surface area contributed by atoms with Gasteiger partial charge < -0.3 is 9.64 Å². The summed E-state index contributed by atoms with van der Waals surface area (Å²) in [5.74, 6) is -0.116. The third kappa shape index (κ3) is 4.94. The maximum Gasteiger partial charge on any atom is 0.328 e. The molecule has 0 aliphatic rings. The van der Waals surface area contributed by atoms with Crippen molar-refractivity contribution in [1.29, 1.82) is 0 Å². The molecule has 0 fully saturated rings. The van der Waals surface area contributed by atoms with Gasteiger partial charge in [-0.3, -0.25) is 14.3 Å². The van der Waals surface area contributed by atoms with Crippen LogP contribution in [0.4, 0.5) is 0 Å². The molecule has 0 N–H and O–H groups in total. The van der Waals surface area contributed by atoms with Crippen LogP contribution >= 0.6 is 0 Å². The number of hydrogen-bond acceptors (Lipinski definition) is 5. The fraction of sp³-hybridized carbons (Fsp3) is 0.688. The highest BCUT2D eigenvalue weighted by Crippen LogP contribution is 2.18. The first-order valence-electron chi connectivity index (χ1n) is 7.57. The first-order chi connectivity index (χ1) is 10.3. The molecule has 1 aromatic heterocycles. The van der Waals surface area contributed by atoms with Gasteiger partial charge in [0.05, 0.1) is 12.8 Å². The second-order valence-corrected chi connectivity index (χ2v) is 6.25. The molecule has 0 aliphatic heterocycles. The fourth-order valence-corrected chi connectivity index (χ4v) is 2.29. The zero-order chi connectivity index (χ0) is 16.9. The average molecular weight is 309 g/mol. The molecule has 22 heavy (non-hydrogen) atoms. The zero-order valence-electron chi connectivity index (χ0n) is 14.4. The lowest BCUT2D eigenvalue weighted by Crippen LogP contribution is -2.34. The topological polar surface area (TPSA) is 64.4 Å². The van der Waals surface area contributed by atoms with E-state index in [4.69, 9.17) is 4.74 Å². The number of nitrogens with zero attached hydrogens (tertiary/aromatic N) is 3. The number of carbonyl (C=O) groups is 1. The maximum atomic E-state index is 12.4. The van der Waals surface area contributed by atoms with Crippen molar-refractivity contribution < 1.29 is 9.53 Å². The third-order valence-corrected chi connectivity index (χ3v) is 3.46. The van der Waals surface area contributed by atoms with Gasteiger partial charge in [-0.05, 0) is 33.4 Å². The largest absolute Gasteiger partial charge is 0.467 e. The minimum absolute atomic E-state index is 0.232. The van der Waals surface area contributed by atoms with E-state index >= 15 is 0 Å². The predicted molar refractivity (Wildman–Crippen MR) is 86.0 cm³/mol. The molecular weight excluding hydrogens is 282 g/mol. The van der Waals surface area contributed by atoms with Gasteiger partial charge in [-0.2, -0.15) is 0 Å². The number of ether oxygens (including phenoxy) is 1. The summed E-state index contributed by atoms with van der Waals surface area (Å²) in [5.41, 5.74) is 0.988. The number of rotatable bonds is 7. The Hall–Kier alpha value is -1.69. The van der Waals surface area contributed by atoms with Gasteiger partial charge >= 0.3 is 5.97 Å². The second kappa shape index (κ2) is 8.08. The summed E-state index contributed by atoms with van der Waals surface area (Å²) < 4.78 is 6.36. The molecule has 0 amide bonds. The van der Waals surface area contributed by atoms with Crippen molar-refractivity contribution in [2.24, 2.45) is 5.92 Å². The van der Waals surface area contributed by atoms with E-state index in [0.29, 0.717) is 12.1 Å². The molecule has 6 nitrogen and oxygen atoms in total. The van der Waals surface area contributed by atoms with Crippen LogP contribution in [0.2, 0.25) is 0 Å². The number of esters is 1. The molecule has 1 rings (SSSR count). The van der Waals surface area contributed by atoms with Crippen molar-refractivity contribution >= 4 is 5.97 Å². The van der Waals surface area contributed by atoms with Gasteiger partial charge in [-0.1, -0.05) is 13.8 Å². The van der Waals surface area contributed by atoms with Crippen molar-refractivity contribution in [2.45, 2.75) is 39.7 Å². The monoisotopic (exact) mass is 309 g/mol. The van der Waals surface area contributed by atoms with E-state index in [-0.39, 0.29) is 17.4 Å². The maximum absolute atomic E-state index is 12.4. The van der Waals surface area contributed by atoms with Gasteiger partial charge in [0.1, 0.15) is 11.7 Å². The zero-order valence-corrected chi connectivity index (χ0v) is 14.4.